The first kappa shape index (κ1) is 123. The van der Waals surface area contributed by atoms with Crippen LogP contribution in [0.4, 0.5) is 0 Å². The first-order chi connectivity index (χ1) is 70.9. The minimum Gasteiger partial charge on any atom is -0.394 e. The van der Waals surface area contributed by atoms with Crippen molar-refractivity contribution in [2.45, 2.75) is 417 Å². The first-order valence-electron chi connectivity index (χ1n) is 48.0. The van der Waals surface area contributed by atoms with Crippen molar-refractivity contribution in [1.29, 1.82) is 0 Å². The van der Waals surface area contributed by atoms with Gasteiger partial charge in [-0.1, -0.05) is 0 Å². The van der Waals surface area contributed by atoms with E-state index >= 15 is 0 Å². The molecule has 0 unspecified atom stereocenters. The van der Waals surface area contributed by atoms with Crippen LogP contribution in [-0.2, 0) is 138 Å². The maximum Gasteiger partial charge on any atom is 0.217 e. The Hall–Kier alpha value is -5.34. The highest BCUT2D eigenvalue weighted by Gasteiger charge is 2.64. The van der Waals surface area contributed by atoms with Crippen molar-refractivity contribution < 1.29 is 296 Å². The number of aliphatic hydroxyl groups excluding tert-OH is 31. The van der Waals surface area contributed by atoms with Gasteiger partial charge in [0.05, 0.1) is 78.8 Å². The van der Waals surface area contributed by atoms with E-state index in [-0.39, 0.29) is 0 Å². The minimum atomic E-state index is -2.79. The Kier molecular flexibility index (Phi) is 44.4. The SMILES string of the molecule is CC(=O)N[C@@H]1[C@@H](O)[C@H](O[C@@H]2O[C@H](CO)[C@@H](O[C@@H]3O[C@H](CO[C@H]4O[C@H](CO[C@@H]5O[C@H](CO)[C@@H](O[C@@H]6O[C@H](CO)[C@H](O)[C@H](O)[C@H]6O[C@@H]6O[C@@H](C)[C@@H](O)[C@@H](O)[C@@H]6O)[C@H](O)[C@H]5NC(C)=O)[C@@H](O)[C@H](O)[C@@H]4O[C@@H]4O[C@H](CO)[C@@H](O)[C@H](O)[C@H]4NC(C)=O)[C@@H](O)[C@H](O[C@H]4O[C@H](CO)[C@@H](O[C@@H]5O[C@H](CO)[C@@H](O)[C@H](O)[C@H]5NC(C)=O)[C@H](O)[C@@H]4O[C@@H]4O[C@H](CO)[C@@H](O[C@@H]5O[C@H](CO)[C@H](O)[C@H](O)[C@H]5O)[C@H](O)[C@H]4NC(C)=O)[C@@H]3O)[C@H](O)[C@H]2NC(C)=O)[C@@H](CO)O[C@H]1O. The standard InChI is InChI=1S/C84H140N6O60/c1-19-43(106)56(119)60(123)79(130-19)150-71-58(121)47(110)29(11-94)135-83(71)146-67-31(13-96)136-74(40(53(67)116)88-23(5)103)128-17-35-48(111)59(122)70(148-76-39(87-22(4)102)51(114)45(108)27(9-92)133-76)82(141-35)129-18-36-49(112)69(63(126)81(140-36)145-66-33(15-98)137-77(41(54(66)117)89-24(6)104)142-64-30(12-95)131-73(127)37(52(64)115)85-20(2)100)147-84-72(62(125)68(34(16-99)139-84)143-75-38(86-21(3)101)50(113)44(107)26(8-91)132-75)149-78-42(90-25(7)105)55(118)65(32(14-97)138-78)144-80-61(124)57(120)46(109)28(10-93)134-80/h19,26-84,91-99,106-127H,8-18H2,1-7H3,(H,85,100)(H,86,101)(H,87,102)(H,88,103)(H,89,104)(H,90,105)/t19-,26+,27+,28+,29+,30+,31+,32+,33+,34+,35+,36+,37+,38+,39+,40+,41+,42+,43+,44+,45+,46-,47-,48+,49+,50+,51+,52+,53+,54+,55+,56+,57-,58-,59-,60-,61+,62-,63-,64+,65+,66+,67+,68+,69-,70-,71+,72-,73+,74+,75-,76-,77-,78-,79-,80-,81-,82-,83-,84+/m0/s1. The monoisotopic (exact) mass is 2190 g/mol. The van der Waals surface area contributed by atoms with E-state index < -0.39 is 476 Å². The summed E-state index contributed by atoms with van der Waals surface area (Å²) in [5.74, 6) is -5.84. The average molecular weight is 2190 g/mol. The fraction of sp³-hybridized carbons (Fsp3) is 0.929. The molecule has 0 aromatic carbocycles. The predicted molar refractivity (Wildman–Crippen MR) is 463 cm³/mol. The van der Waals surface area contributed by atoms with E-state index in [9.17, 15) is 187 Å². The van der Waals surface area contributed by atoms with Gasteiger partial charge in [0.1, 0.15) is 287 Å². The van der Waals surface area contributed by atoms with Gasteiger partial charge in [-0.2, -0.15) is 0 Å². The maximum atomic E-state index is 13.4. The molecule has 0 radical (unpaired) electrons. The van der Waals surface area contributed by atoms with Crippen molar-refractivity contribution in [3.05, 3.63) is 0 Å². The molecule has 12 heterocycles. The molecule has 0 aromatic rings. The zero-order valence-electron chi connectivity index (χ0n) is 81.1. The second-order valence-electron chi connectivity index (χ2n) is 38.1. The van der Waals surface area contributed by atoms with Gasteiger partial charge in [-0.15, -0.1) is 0 Å². The smallest absolute Gasteiger partial charge is 0.217 e. The highest BCUT2D eigenvalue weighted by Crippen LogP contribution is 2.43. The van der Waals surface area contributed by atoms with Gasteiger partial charge in [0, 0.05) is 41.5 Å². The maximum absolute atomic E-state index is 13.4. The Labute approximate surface area is 849 Å². The number of carbonyl (C=O) groups is 6. The van der Waals surface area contributed by atoms with Crippen LogP contribution in [-0.4, -0.2) is 635 Å². The molecule has 6 amide bonds. The van der Waals surface area contributed by atoms with Crippen molar-refractivity contribution in [3.63, 3.8) is 0 Å². The lowest BCUT2D eigenvalue weighted by Crippen LogP contribution is -2.71. The van der Waals surface area contributed by atoms with Gasteiger partial charge >= 0.3 is 0 Å². The van der Waals surface area contributed by atoms with E-state index in [0.717, 1.165) is 41.5 Å². The van der Waals surface area contributed by atoms with Crippen molar-refractivity contribution in [3.8, 4) is 0 Å². The first-order valence-corrected chi connectivity index (χ1v) is 48.0. The third-order valence-corrected chi connectivity index (χ3v) is 27.4. The molecular weight excluding hydrogens is 2050 g/mol. The van der Waals surface area contributed by atoms with Gasteiger partial charge in [-0.3, -0.25) is 28.8 Å². The van der Waals surface area contributed by atoms with Crippen molar-refractivity contribution in [2.24, 2.45) is 0 Å². The molecule has 0 spiro atoms. The lowest BCUT2D eigenvalue weighted by Gasteiger charge is -2.52. The second kappa shape index (κ2) is 54.0. The molecule has 12 rings (SSSR count). The molecule has 866 valence electrons. The van der Waals surface area contributed by atoms with Crippen LogP contribution in [0.2, 0.25) is 0 Å². The Morgan fingerprint density at radius 3 is 0.813 bits per heavy atom. The van der Waals surface area contributed by atoms with Gasteiger partial charge in [-0.05, 0) is 6.92 Å². The van der Waals surface area contributed by atoms with Crippen LogP contribution >= 0.6 is 0 Å². The van der Waals surface area contributed by atoms with Gasteiger partial charge in [-0.25, -0.2) is 0 Å². The molecule has 0 aliphatic carbocycles. The molecule has 12 fully saturated rings. The highest BCUT2D eigenvalue weighted by molar-refractivity contribution is 5.75. The molecule has 37 N–H and O–H groups in total. The van der Waals surface area contributed by atoms with Crippen LogP contribution < -0.4 is 31.9 Å². The summed E-state index contributed by atoms with van der Waals surface area (Å²) in [6.07, 6.45) is -117. The zero-order valence-corrected chi connectivity index (χ0v) is 81.1. The number of rotatable bonds is 39. The van der Waals surface area contributed by atoms with Gasteiger partial charge in [0.2, 0.25) is 35.4 Å². The number of carbonyl (C=O) groups excluding carboxylic acids is 6. The Morgan fingerprint density at radius 1 is 0.187 bits per heavy atom. The molecular formula is C84H140N6O60. The molecule has 0 aromatic heterocycles. The summed E-state index contributed by atoms with van der Waals surface area (Å²) in [5.41, 5.74) is 0. The Balaban J connectivity index is 0.929. The van der Waals surface area contributed by atoms with Crippen LogP contribution in [0.25, 0.3) is 0 Å². The van der Waals surface area contributed by atoms with Gasteiger partial charge < -0.3 is 299 Å². The van der Waals surface area contributed by atoms with E-state index in [0.29, 0.717) is 0 Å². The third kappa shape index (κ3) is 27.5. The summed E-state index contributed by atoms with van der Waals surface area (Å²) in [6, 6.07) is -11.8. The van der Waals surface area contributed by atoms with Crippen LogP contribution in [0.15, 0.2) is 0 Å². The van der Waals surface area contributed by atoms with Crippen molar-refractivity contribution in [1.82, 2.24) is 31.9 Å². The fourth-order valence-electron chi connectivity index (χ4n) is 19.5. The summed E-state index contributed by atoms with van der Waals surface area (Å²) in [7, 11) is 0. The lowest BCUT2D eigenvalue weighted by molar-refractivity contribution is -0.405. The number of ether oxygens (including phenoxy) is 23. The normalized spacial score (nSPS) is 48.8. The predicted octanol–water partition coefficient (Wildman–Crippen LogP) is -25.3. The molecule has 12 saturated heterocycles. The molecule has 0 bridgehead atoms. The lowest BCUT2D eigenvalue weighted by atomic mass is 9.93. The summed E-state index contributed by atoms with van der Waals surface area (Å²) in [6.45, 7) is -6.43. The summed E-state index contributed by atoms with van der Waals surface area (Å²) >= 11 is 0. The summed E-state index contributed by atoms with van der Waals surface area (Å²) < 4.78 is 140. The summed E-state index contributed by atoms with van der Waals surface area (Å²) in [5, 5.41) is 368. The molecule has 66 heteroatoms. The van der Waals surface area contributed by atoms with Crippen LogP contribution in [0.5, 0.6) is 0 Å². The summed E-state index contributed by atoms with van der Waals surface area (Å²) in [4.78, 5) is 78.2. The highest BCUT2D eigenvalue weighted by atomic mass is 16.8. The van der Waals surface area contributed by atoms with Crippen molar-refractivity contribution in [2.75, 3.05) is 72.7 Å². The Bertz CT molecular complexity index is 4250. The molecule has 12 aliphatic rings. The van der Waals surface area contributed by atoms with Crippen LogP contribution in [0.3, 0.4) is 0 Å². The minimum absolute atomic E-state index is 0.845. The number of aliphatic hydroxyl groups is 31. The molecule has 66 nitrogen and oxygen atoms in total. The van der Waals surface area contributed by atoms with E-state index in [1.807, 2.05) is 0 Å². The number of amides is 6. The number of hydrogen-bond acceptors (Lipinski definition) is 60. The topological polar surface area (TPSA) is 1010 Å². The van der Waals surface area contributed by atoms with E-state index in [2.05, 4.69) is 31.9 Å². The van der Waals surface area contributed by atoms with Crippen LogP contribution in [0, 0.1) is 0 Å². The number of hydrogen-bond donors (Lipinski definition) is 37. The zero-order chi connectivity index (χ0) is 110. The molecule has 0 saturated carbocycles. The number of nitrogens with one attached hydrogen (secondary N) is 6. The quantitative estimate of drug-likeness (QED) is 0.0272. The Morgan fingerprint density at radius 2 is 0.413 bits per heavy atom. The van der Waals surface area contributed by atoms with Gasteiger partial charge in [0.15, 0.2) is 75.5 Å². The average Bonchev–Trinajstić information content (AvgIpc) is 0.756. The third-order valence-electron chi connectivity index (χ3n) is 27.4. The largest absolute Gasteiger partial charge is 0.394 e. The van der Waals surface area contributed by atoms with E-state index in [4.69, 9.17) is 109 Å². The fourth-order valence-corrected chi connectivity index (χ4v) is 19.5. The van der Waals surface area contributed by atoms with Crippen LogP contribution in [0.1, 0.15) is 48.5 Å². The van der Waals surface area contributed by atoms with Crippen molar-refractivity contribution >= 4 is 35.4 Å². The van der Waals surface area contributed by atoms with E-state index in [1.165, 1.54) is 6.92 Å². The molecule has 12 aliphatic heterocycles. The molecule has 60 atom stereocenters. The second-order valence-corrected chi connectivity index (χ2v) is 38.1. The van der Waals surface area contributed by atoms with E-state index in [1.54, 1.807) is 0 Å². The van der Waals surface area contributed by atoms with Gasteiger partial charge in [0.25, 0.3) is 0 Å². The molecule has 150 heavy (non-hydrogen) atoms.